The van der Waals surface area contributed by atoms with Gasteiger partial charge in [-0.2, -0.15) is 5.10 Å². The third kappa shape index (κ3) is 5.27. The fourth-order valence-corrected chi connectivity index (χ4v) is 2.94. The lowest BCUT2D eigenvalue weighted by molar-refractivity contribution is 0.370. The van der Waals surface area contributed by atoms with Gasteiger partial charge in [0, 0.05) is 25.3 Å². The molecule has 110 valence electrons. The lowest BCUT2D eigenvalue weighted by Gasteiger charge is -2.17. The number of likely N-dealkylation sites (N-methyl/N-ethyl adjacent to an activating group) is 2. The van der Waals surface area contributed by atoms with E-state index >= 15 is 0 Å². The Balaban J connectivity index is 2.69. The second-order valence-corrected chi connectivity index (χ2v) is 6.54. The Morgan fingerprint density at radius 1 is 1.47 bits per heavy atom. The topological polar surface area (TPSA) is 79.3 Å². The van der Waals surface area contributed by atoms with Crippen molar-refractivity contribution >= 4 is 10.0 Å². The largest absolute Gasteiger partial charge is 0.318 e. The van der Waals surface area contributed by atoms with Gasteiger partial charge < -0.3 is 10.2 Å². The summed E-state index contributed by atoms with van der Waals surface area (Å²) in [7, 11) is 2.16. The first-order chi connectivity index (χ1) is 8.85. The predicted octanol–water partition coefficient (Wildman–Crippen LogP) is -0.669. The maximum atomic E-state index is 12.1. The average molecular weight is 289 g/mol. The highest BCUT2D eigenvalue weighted by Gasteiger charge is 2.19. The zero-order chi connectivity index (χ0) is 14.5. The fraction of sp³-hybridized carbons (Fsp3) is 0.727. The van der Waals surface area contributed by atoms with E-state index in [9.17, 15) is 8.42 Å². The van der Waals surface area contributed by atoms with Crippen LogP contribution in [0.25, 0.3) is 0 Å². The molecule has 2 N–H and O–H groups in total. The molecular formula is C11H23N5O2S. The van der Waals surface area contributed by atoms with E-state index in [1.807, 2.05) is 33.0 Å². The molecule has 0 saturated heterocycles. The summed E-state index contributed by atoms with van der Waals surface area (Å²) in [5.74, 6) is 0. The SMILES string of the molecule is CNCCn1cc(S(=O)(=O)NC(C)CN(C)C)cn1. The summed E-state index contributed by atoms with van der Waals surface area (Å²) in [5, 5.41) is 7.02. The lowest BCUT2D eigenvalue weighted by atomic mass is 10.3. The maximum Gasteiger partial charge on any atom is 0.243 e. The smallest absolute Gasteiger partial charge is 0.243 e. The Morgan fingerprint density at radius 2 is 2.16 bits per heavy atom. The minimum Gasteiger partial charge on any atom is -0.318 e. The van der Waals surface area contributed by atoms with Crippen molar-refractivity contribution in [3.63, 3.8) is 0 Å². The van der Waals surface area contributed by atoms with Crippen LogP contribution in [0.2, 0.25) is 0 Å². The molecule has 1 rings (SSSR count). The molecule has 0 spiro atoms. The van der Waals surface area contributed by atoms with E-state index < -0.39 is 10.0 Å². The van der Waals surface area contributed by atoms with Crippen molar-refractivity contribution in [2.75, 3.05) is 34.2 Å². The third-order valence-electron chi connectivity index (χ3n) is 2.51. The van der Waals surface area contributed by atoms with Crippen LogP contribution in [0, 0.1) is 0 Å². The summed E-state index contributed by atoms with van der Waals surface area (Å²) in [5.41, 5.74) is 0. The first-order valence-corrected chi connectivity index (χ1v) is 7.67. The van der Waals surface area contributed by atoms with Gasteiger partial charge in [0.25, 0.3) is 0 Å². The number of hydrogen-bond acceptors (Lipinski definition) is 5. The van der Waals surface area contributed by atoms with Crippen LogP contribution >= 0.6 is 0 Å². The van der Waals surface area contributed by atoms with Crippen molar-refractivity contribution in [2.24, 2.45) is 0 Å². The molecule has 8 heteroatoms. The molecular weight excluding hydrogens is 266 g/mol. The molecule has 0 amide bonds. The van der Waals surface area contributed by atoms with Crippen LogP contribution in [0.1, 0.15) is 6.92 Å². The number of sulfonamides is 1. The summed E-state index contributed by atoms with van der Waals surface area (Å²) >= 11 is 0. The molecule has 19 heavy (non-hydrogen) atoms. The normalized spacial score (nSPS) is 13.9. The van der Waals surface area contributed by atoms with Crippen LogP contribution < -0.4 is 10.0 Å². The molecule has 7 nitrogen and oxygen atoms in total. The van der Waals surface area contributed by atoms with Crippen molar-refractivity contribution < 1.29 is 8.42 Å². The van der Waals surface area contributed by atoms with E-state index in [-0.39, 0.29) is 10.9 Å². The summed E-state index contributed by atoms with van der Waals surface area (Å²) in [6.07, 6.45) is 2.92. The van der Waals surface area contributed by atoms with Crippen LogP contribution in [0.15, 0.2) is 17.3 Å². The fourth-order valence-electron chi connectivity index (χ4n) is 1.75. The van der Waals surface area contributed by atoms with E-state index in [0.717, 1.165) is 6.54 Å². The van der Waals surface area contributed by atoms with Crippen LogP contribution in [-0.4, -0.2) is 63.4 Å². The molecule has 1 aromatic rings. The first kappa shape index (κ1) is 16.1. The van der Waals surface area contributed by atoms with E-state index in [1.54, 1.807) is 10.9 Å². The lowest BCUT2D eigenvalue weighted by Crippen LogP contribution is -2.39. The van der Waals surface area contributed by atoms with Crippen LogP contribution in [0.3, 0.4) is 0 Å². The Hall–Kier alpha value is -0.960. The zero-order valence-corrected chi connectivity index (χ0v) is 12.7. The van der Waals surface area contributed by atoms with Gasteiger partial charge in [0.1, 0.15) is 4.90 Å². The predicted molar refractivity (Wildman–Crippen MR) is 74.5 cm³/mol. The first-order valence-electron chi connectivity index (χ1n) is 6.19. The Kier molecular flexibility index (Phi) is 5.92. The number of nitrogens with zero attached hydrogens (tertiary/aromatic N) is 3. The molecule has 0 aliphatic heterocycles. The van der Waals surface area contributed by atoms with Crippen LogP contribution in [0.4, 0.5) is 0 Å². The summed E-state index contributed by atoms with van der Waals surface area (Å²) < 4.78 is 28.5. The van der Waals surface area contributed by atoms with E-state index in [1.165, 1.54) is 6.20 Å². The van der Waals surface area contributed by atoms with Gasteiger partial charge >= 0.3 is 0 Å². The average Bonchev–Trinajstić information content (AvgIpc) is 2.73. The Morgan fingerprint density at radius 3 is 2.74 bits per heavy atom. The molecule has 0 bridgehead atoms. The molecule has 1 heterocycles. The quantitative estimate of drug-likeness (QED) is 0.663. The minimum absolute atomic E-state index is 0.152. The highest BCUT2D eigenvalue weighted by Crippen LogP contribution is 2.07. The van der Waals surface area contributed by atoms with E-state index in [4.69, 9.17) is 0 Å². The third-order valence-corrected chi connectivity index (χ3v) is 4.05. The van der Waals surface area contributed by atoms with Crippen LogP contribution in [0.5, 0.6) is 0 Å². The standard InChI is InChI=1S/C11H23N5O2S/c1-10(8-15(3)4)14-19(17,18)11-7-13-16(9-11)6-5-12-2/h7,9-10,12,14H,5-6,8H2,1-4H3. The van der Waals surface area contributed by atoms with Crippen molar-refractivity contribution in [3.05, 3.63) is 12.4 Å². The molecule has 0 radical (unpaired) electrons. The van der Waals surface area contributed by atoms with Gasteiger partial charge in [-0.25, -0.2) is 13.1 Å². The second kappa shape index (κ2) is 6.99. The van der Waals surface area contributed by atoms with Gasteiger partial charge in [-0.05, 0) is 28.1 Å². The molecule has 0 aliphatic carbocycles. The summed E-state index contributed by atoms with van der Waals surface area (Å²) in [4.78, 5) is 2.14. The van der Waals surface area contributed by atoms with Gasteiger partial charge in [-0.3, -0.25) is 4.68 Å². The van der Waals surface area contributed by atoms with Crippen molar-refractivity contribution in [1.29, 1.82) is 0 Å². The summed E-state index contributed by atoms with van der Waals surface area (Å²) in [6.45, 7) is 3.86. The monoisotopic (exact) mass is 289 g/mol. The molecule has 0 aromatic carbocycles. The number of rotatable bonds is 8. The summed E-state index contributed by atoms with van der Waals surface area (Å²) in [6, 6.07) is -0.152. The number of hydrogen-bond donors (Lipinski definition) is 2. The second-order valence-electron chi connectivity index (χ2n) is 4.83. The van der Waals surface area contributed by atoms with Gasteiger partial charge in [0.05, 0.1) is 12.7 Å². The van der Waals surface area contributed by atoms with Crippen molar-refractivity contribution in [1.82, 2.24) is 24.7 Å². The molecule has 0 saturated carbocycles. The van der Waals surface area contributed by atoms with Gasteiger partial charge in [0.2, 0.25) is 10.0 Å². The maximum absolute atomic E-state index is 12.1. The van der Waals surface area contributed by atoms with E-state index in [0.29, 0.717) is 13.1 Å². The number of aromatic nitrogens is 2. The highest BCUT2D eigenvalue weighted by molar-refractivity contribution is 7.89. The van der Waals surface area contributed by atoms with Crippen molar-refractivity contribution in [2.45, 2.75) is 24.4 Å². The zero-order valence-electron chi connectivity index (χ0n) is 11.9. The van der Waals surface area contributed by atoms with Gasteiger partial charge in [0.15, 0.2) is 0 Å². The van der Waals surface area contributed by atoms with Gasteiger partial charge in [-0.1, -0.05) is 0 Å². The number of nitrogens with one attached hydrogen (secondary N) is 2. The molecule has 1 unspecified atom stereocenters. The highest BCUT2D eigenvalue weighted by atomic mass is 32.2. The Bertz CT molecular complexity index is 483. The van der Waals surface area contributed by atoms with Crippen molar-refractivity contribution in [3.8, 4) is 0 Å². The van der Waals surface area contributed by atoms with Crippen LogP contribution in [-0.2, 0) is 16.6 Å². The Labute approximate surface area is 115 Å². The van der Waals surface area contributed by atoms with E-state index in [2.05, 4.69) is 15.1 Å². The minimum atomic E-state index is -3.49. The molecule has 0 fully saturated rings. The molecule has 1 atom stereocenters. The molecule has 0 aliphatic rings. The molecule has 1 aromatic heterocycles. The van der Waals surface area contributed by atoms with Gasteiger partial charge in [-0.15, -0.1) is 0 Å².